The molecule has 1 aromatic carbocycles. The third-order valence-corrected chi connectivity index (χ3v) is 3.57. The Morgan fingerprint density at radius 1 is 1.31 bits per heavy atom. The fourth-order valence-corrected chi connectivity index (χ4v) is 2.20. The first kappa shape index (κ1) is 21.0. The number of carbonyl (C=O) groups excluding carboxylic acids is 2. The van der Waals surface area contributed by atoms with Crippen LogP contribution in [0, 0.1) is 11.3 Å². The number of benzene rings is 1. The van der Waals surface area contributed by atoms with Crippen molar-refractivity contribution < 1.29 is 19.1 Å². The predicted octanol–water partition coefficient (Wildman–Crippen LogP) is 0.577. The minimum atomic E-state index is -0.545. The molecule has 0 aliphatic heterocycles. The zero-order valence-electron chi connectivity index (χ0n) is 15.2. The molecule has 0 bridgehead atoms. The Labute approximate surface area is 153 Å². The molecule has 140 valence electrons. The highest BCUT2D eigenvalue weighted by atomic mass is 16.5. The number of nitrogens with two attached hydrogens (primary N) is 1. The summed E-state index contributed by atoms with van der Waals surface area (Å²) in [5, 5.41) is 11.8. The van der Waals surface area contributed by atoms with Crippen molar-refractivity contribution in [3.8, 4) is 17.6 Å². The Morgan fingerprint density at radius 2 is 2.00 bits per heavy atom. The van der Waals surface area contributed by atoms with Gasteiger partial charge in [-0.3, -0.25) is 9.59 Å². The lowest BCUT2D eigenvalue weighted by molar-refractivity contribution is -0.126. The van der Waals surface area contributed by atoms with E-state index in [1.165, 1.54) is 18.0 Å². The number of rotatable bonds is 9. The molecule has 0 saturated carbocycles. The van der Waals surface area contributed by atoms with Crippen molar-refractivity contribution in [2.75, 3.05) is 33.9 Å². The normalized spacial score (nSPS) is 10.7. The summed E-state index contributed by atoms with van der Waals surface area (Å²) in [6, 6.07) is 7.28. The molecule has 0 spiro atoms. The molecule has 26 heavy (non-hydrogen) atoms. The molecule has 0 aliphatic carbocycles. The van der Waals surface area contributed by atoms with E-state index in [1.807, 2.05) is 12.1 Å². The molecule has 0 unspecified atom stereocenters. The maximum Gasteiger partial charge on any atom is 0.263 e. The minimum Gasteiger partial charge on any atom is -0.493 e. The van der Waals surface area contributed by atoms with Crippen LogP contribution in [0.3, 0.4) is 0 Å². The van der Waals surface area contributed by atoms with Crippen LogP contribution in [-0.4, -0.2) is 50.6 Å². The van der Waals surface area contributed by atoms with Gasteiger partial charge >= 0.3 is 0 Å². The molecule has 3 N–H and O–H groups in total. The zero-order valence-corrected chi connectivity index (χ0v) is 15.2. The molecular weight excluding hydrogens is 336 g/mol. The number of ether oxygens (including phenoxy) is 2. The van der Waals surface area contributed by atoms with Crippen LogP contribution in [0.4, 0.5) is 0 Å². The van der Waals surface area contributed by atoms with Crippen LogP contribution in [0.25, 0.3) is 0 Å². The van der Waals surface area contributed by atoms with Gasteiger partial charge in [0.1, 0.15) is 11.6 Å². The summed E-state index contributed by atoms with van der Waals surface area (Å²) in [5.41, 5.74) is 6.22. The molecule has 0 aliphatic rings. The van der Waals surface area contributed by atoms with E-state index in [1.54, 1.807) is 26.4 Å². The number of amides is 2. The number of nitrogens with one attached hydrogen (secondary N) is 1. The van der Waals surface area contributed by atoms with Crippen molar-refractivity contribution in [1.82, 2.24) is 10.2 Å². The molecule has 2 amide bonds. The third-order valence-electron chi connectivity index (χ3n) is 3.57. The molecule has 8 heteroatoms. The largest absolute Gasteiger partial charge is 0.493 e. The number of hydrogen-bond donors (Lipinski definition) is 2. The summed E-state index contributed by atoms with van der Waals surface area (Å²) in [5.74, 6) is 0.393. The Hall–Kier alpha value is -3.05. The Morgan fingerprint density at radius 3 is 2.54 bits per heavy atom. The molecule has 1 rings (SSSR count). The van der Waals surface area contributed by atoms with E-state index in [0.29, 0.717) is 24.5 Å². The number of methoxy groups -OCH3 is 2. The SMILES string of the molecule is COc1ccc(CCNC(=O)/C(C#N)=C\N(CCN)C(C)=O)cc1OC. The van der Waals surface area contributed by atoms with Gasteiger partial charge in [0.2, 0.25) is 5.91 Å². The summed E-state index contributed by atoms with van der Waals surface area (Å²) >= 11 is 0. The van der Waals surface area contributed by atoms with Crippen LogP contribution in [0.1, 0.15) is 12.5 Å². The highest BCUT2D eigenvalue weighted by molar-refractivity contribution is 5.97. The predicted molar refractivity (Wildman–Crippen MR) is 96.4 cm³/mol. The molecule has 0 radical (unpaired) electrons. The van der Waals surface area contributed by atoms with Gasteiger partial charge in [-0.25, -0.2) is 0 Å². The van der Waals surface area contributed by atoms with Crippen LogP contribution < -0.4 is 20.5 Å². The van der Waals surface area contributed by atoms with Crippen LogP contribution in [0.2, 0.25) is 0 Å². The Kier molecular flexibility index (Phi) is 8.67. The van der Waals surface area contributed by atoms with Gasteiger partial charge in [0, 0.05) is 32.8 Å². The molecule has 8 nitrogen and oxygen atoms in total. The summed E-state index contributed by atoms with van der Waals surface area (Å²) in [4.78, 5) is 24.9. The molecule has 0 aromatic heterocycles. The van der Waals surface area contributed by atoms with E-state index in [0.717, 1.165) is 5.56 Å². The van der Waals surface area contributed by atoms with E-state index < -0.39 is 5.91 Å². The van der Waals surface area contributed by atoms with E-state index in [4.69, 9.17) is 20.5 Å². The highest BCUT2D eigenvalue weighted by Crippen LogP contribution is 2.27. The first-order chi connectivity index (χ1) is 12.5. The molecule has 0 atom stereocenters. The summed E-state index contributed by atoms with van der Waals surface area (Å²) in [6.45, 7) is 2.13. The van der Waals surface area contributed by atoms with Crippen molar-refractivity contribution in [2.24, 2.45) is 5.73 Å². The van der Waals surface area contributed by atoms with Crippen molar-refractivity contribution in [3.05, 3.63) is 35.5 Å². The lowest BCUT2D eigenvalue weighted by Gasteiger charge is -2.15. The number of nitriles is 1. The van der Waals surface area contributed by atoms with Crippen molar-refractivity contribution in [1.29, 1.82) is 5.26 Å². The smallest absolute Gasteiger partial charge is 0.263 e. The van der Waals surface area contributed by atoms with Crippen molar-refractivity contribution >= 4 is 11.8 Å². The Balaban J connectivity index is 2.70. The molecular formula is C18H24N4O4. The first-order valence-corrected chi connectivity index (χ1v) is 8.05. The van der Waals surface area contributed by atoms with Gasteiger partial charge in [0.15, 0.2) is 11.5 Å². The fourth-order valence-electron chi connectivity index (χ4n) is 2.20. The minimum absolute atomic E-state index is 0.152. The number of carbonyl (C=O) groups is 2. The topological polar surface area (TPSA) is 118 Å². The van der Waals surface area contributed by atoms with E-state index in [2.05, 4.69) is 5.32 Å². The quantitative estimate of drug-likeness (QED) is 0.491. The second-order valence-corrected chi connectivity index (χ2v) is 5.35. The maximum absolute atomic E-state index is 12.1. The summed E-state index contributed by atoms with van der Waals surface area (Å²) < 4.78 is 10.4. The lowest BCUT2D eigenvalue weighted by Crippen LogP contribution is -2.32. The molecule has 0 fully saturated rings. The van der Waals surface area contributed by atoms with Crippen LogP contribution in [0.15, 0.2) is 30.0 Å². The summed E-state index contributed by atoms with van der Waals surface area (Å²) in [7, 11) is 3.11. The van der Waals surface area contributed by atoms with Gasteiger partial charge in [-0.2, -0.15) is 5.26 Å². The van der Waals surface area contributed by atoms with Crippen LogP contribution in [-0.2, 0) is 16.0 Å². The number of nitrogens with zero attached hydrogens (tertiary/aromatic N) is 2. The second-order valence-electron chi connectivity index (χ2n) is 5.35. The van der Waals surface area contributed by atoms with E-state index in [9.17, 15) is 9.59 Å². The molecule has 0 saturated heterocycles. The van der Waals surface area contributed by atoms with Gasteiger partial charge in [-0.05, 0) is 24.1 Å². The standard InChI is InChI=1S/C18H24N4O4/c1-13(23)22(9-7-19)12-15(11-20)18(24)21-8-6-14-4-5-16(25-2)17(10-14)26-3/h4-5,10,12H,6-9,19H2,1-3H3,(H,21,24)/b15-12-. The van der Waals surface area contributed by atoms with Crippen molar-refractivity contribution in [2.45, 2.75) is 13.3 Å². The monoisotopic (exact) mass is 360 g/mol. The first-order valence-electron chi connectivity index (χ1n) is 8.05. The molecule has 0 heterocycles. The van der Waals surface area contributed by atoms with Crippen molar-refractivity contribution in [3.63, 3.8) is 0 Å². The van der Waals surface area contributed by atoms with Gasteiger partial charge in [0.05, 0.1) is 14.2 Å². The van der Waals surface area contributed by atoms with E-state index in [-0.39, 0.29) is 24.6 Å². The summed E-state index contributed by atoms with van der Waals surface area (Å²) in [6.07, 6.45) is 1.77. The van der Waals surface area contributed by atoms with Crippen LogP contribution in [0.5, 0.6) is 11.5 Å². The zero-order chi connectivity index (χ0) is 19.5. The average molecular weight is 360 g/mol. The van der Waals surface area contributed by atoms with Gasteiger partial charge in [-0.15, -0.1) is 0 Å². The third kappa shape index (κ3) is 6.11. The average Bonchev–Trinajstić information content (AvgIpc) is 2.64. The van der Waals surface area contributed by atoms with E-state index >= 15 is 0 Å². The van der Waals surface area contributed by atoms with Gasteiger partial charge in [-0.1, -0.05) is 6.07 Å². The molecule has 1 aromatic rings. The fraction of sp³-hybridized carbons (Fsp3) is 0.389. The second kappa shape index (κ2) is 10.7. The van der Waals surface area contributed by atoms with Crippen LogP contribution >= 0.6 is 0 Å². The highest BCUT2D eigenvalue weighted by Gasteiger charge is 2.13. The van der Waals surface area contributed by atoms with Gasteiger partial charge in [0.25, 0.3) is 5.91 Å². The Bertz CT molecular complexity index is 710. The lowest BCUT2D eigenvalue weighted by atomic mass is 10.1. The maximum atomic E-state index is 12.1. The number of hydrogen-bond acceptors (Lipinski definition) is 6. The van der Waals surface area contributed by atoms with Gasteiger partial charge < -0.3 is 25.4 Å².